The number of hydrogen-bond donors (Lipinski definition) is 2. The lowest BCUT2D eigenvalue weighted by Crippen LogP contribution is -2.15. The van der Waals surface area contributed by atoms with Crippen molar-refractivity contribution < 1.29 is 4.79 Å². The summed E-state index contributed by atoms with van der Waals surface area (Å²) in [5.74, 6) is 0.496. The molecular weight excluding hydrogens is 386 g/mol. The average Bonchev–Trinajstić information content (AvgIpc) is 3.10. The van der Waals surface area contributed by atoms with Gasteiger partial charge < -0.3 is 5.32 Å². The number of nitrogens with one attached hydrogen (secondary N) is 2. The maximum absolute atomic E-state index is 12.4. The van der Waals surface area contributed by atoms with Crippen LogP contribution in [0.25, 0.3) is 17.0 Å². The first-order valence-corrected chi connectivity index (χ1v) is 10.0. The number of anilines is 1. The number of fused-ring (bicyclic) bond motifs is 1. The molecule has 2 aromatic carbocycles. The molecular formula is C21H19N5O2S. The van der Waals surface area contributed by atoms with Crippen molar-refractivity contribution in [2.75, 3.05) is 11.1 Å². The van der Waals surface area contributed by atoms with Crippen LogP contribution in [-0.4, -0.2) is 31.2 Å². The predicted molar refractivity (Wildman–Crippen MR) is 114 cm³/mol. The van der Waals surface area contributed by atoms with Gasteiger partial charge in [-0.3, -0.25) is 14.7 Å². The number of aromatic amines is 1. The van der Waals surface area contributed by atoms with E-state index in [0.717, 1.165) is 16.8 Å². The third kappa shape index (κ3) is 4.22. The van der Waals surface area contributed by atoms with Gasteiger partial charge in [0.15, 0.2) is 16.6 Å². The Bertz CT molecular complexity index is 1250. The predicted octanol–water partition coefficient (Wildman–Crippen LogP) is 3.43. The molecule has 2 N–H and O–H groups in total. The van der Waals surface area contributed by atoms with Gasteiger partial charge in [0, 0.05) is 17.3 Å². The SMILES string of the molecule is Cc1ccc(NC(=O)CSc2nc(-c3ccccc3)nc3cc(=O)[nH]n23)cc1C. The zero-order chi connectivity index (χ0) is 20.4. The summed E-state index contributed by atoms with van der Waals surface area (Å²) in [6.07, 6.45) is 0. The van der Waals surface area contributed by atoms with Crippen LogP contribution < -0.4 is 10.9 Å². The molecule has 0 bridgehead atoms. The van der Waals surface area contributed by atoms with Gasteiger partial charge in [0.05, 0.1) is 5.75 Å². The number of amides is 1. The Morgan fingerprint density at radius 3 is 2.62 bits per heavy atom. The van der Waals surface area contributed by atoms with Crippen molar-refractivity contribution in [2.45, 2.75) is 19.0 Å². The fourth-order valence-corrected chi connectivity index (χ4v) is 3.59. The second kappa shape index (κ2) is 7.92. The molecule has 0 atom stereocenters. The standard InChI is InChI=1S/C21H19N5O2S/c1-13-8-9-16(10-14(13)2)22-19(28)12-29-21-24-20(15-6-4-3-5-7-15)23-17-11-18(27)25-26(17)21/h3-11H,12H2,1-2H3,(H,22,28)(H,25,27). The van der Waals surface area contributed by atoms with Gasteiger partial charge in [-0.2, -0.15) is 0 Å². The largest absolute Gasteiger partial charge is 0.325 e. The molecule has 1 amide bonds. The van der Waals surface area contributed by atoms with E-state index in [4.69, 9.17) is 0 Å². The van der Waals surface area contributed by atoms with Crippen LogP contribution in [0, 0.1) is 13.8 Å². The molecule has 0 spiro atoms. The van der Waals surface area contributed by atoms with Gasteiger partial charge >= 0.3 is 0 Å². The third-order valence-electron chi connectivity index (χ3n) is 4.48. The summed E-state index contributed by atoms with van der Waals surface area (Å²) in [5, 5.41) is 6.06. The van der Waals surface area contributed by atoms with E-state index in [0.29, 0.717) is 16.6 Å². The zero-order valence-corrected chi connectivity index (χ0v) is 16.8. The highest BCUT2D eigenvalue weighted by molar-refractivity contribution is 7.99. The van der Waals surface area contributed by atoms with Crippen molar-refractivity contribution in [1.82, 2.24) is 19.6 Å². The second-order valence-corrected chi connectivity index (χ2v) is 7.59. The Hall–Kier alpha value is -3.39. The van der Waals surface area contributed by atoms with E-state index in [1.807, 2.05) is 62.4 Å². The molecule has 29 heavy (non-hydrogen) atoms. The van der Waals surface area contributed by atoms with Gasteiger partial charge in [0.2, 0.25) is 5.91 Å². The van der Waals surface area contributed by atoms with Crippen LogP contribution in [0.15, 0.2) is 64.5 Å². The van der Waals surface area contributed by atoms with Crippen LogP contribution in [0.5, 0.6) is 0 Å². The molecule has 0 fully saturated rings. The van der Waals surface area contributed by atoms with Crippen molar-refractivity contribution in [3.8, 4) is 11.4 Å². The Labute approximate surface area is 171 Å². The Balaban J connectivity index is 1.57. The summed E-state index contributed by atoms with van der Waals surface area (Å²) in [7, 11) is 0. The van der Waals surface area contributed by atoms with Gasteiger partial charge in [0.1, 0.15) is 0 Å². The van der Waals surface area contributed by atoms with Crippen LogP contribution in [0.3, 0.4) is 0 Å². The van der Waals surface area contributed by atoms with E-state index >= 15 is 0 Å². The summed E-state index contributed by atoms with van der Waals surface area (Å²) in [4.78, 5) is 33.2. The van der Waals surface area contributed by atoms with Gasteiger partial charge in [0.25, 0.3) is 5.56 Å². The number of nitrogens with zero attached hydrogens (tertiary/aromatic N) is 3. The van der Waals surface area contributed by atoms with Crippen molar-refractivity contribution in [3.63, 3.8) is 0 Å². The van der Waals surface area contributed by atoms with Crippen molar-refractivity contribution in [3.05, 3.63) is 76.1 Å². The lowest BCUT2D eigenvalue weighted by Gasteiger charge is -2.09. The van der Waals surface area contributed by atoms with Crippen LogP contribution in [0.1, 0.15) is 11.1 Å². The minimum Gasteiger partial charge on any atom is -0.325 e. The Kier molecular flexibility index (Phi) is 5.18. The molecule has 2 aromatic heterocycles. The van der Waals surface area contributed by atoms with Gasteiger partial charge in [-0.05, 0) is 37.1 Å². The van der Waals surface area contributed by atoms with Gasteiger partial charge in [-0.15, -0.1) is 0 Å². The molecule has 0 radical (unpaired) electrons. The fourth-order valence-electron chi connectivity index (χ4n) is 2.84. The highest BCUT2D eigenvalue weighted by Crippen LogP contribution is 2.22. The van der Waals surface area contributed by atoms with E-state index in [1.165, 1.54) is 27.9 Å². The molecule has 0 saturated heterocycles. The third-order valence-corrected chi connectivity index (χ3v) is 5.42. The van der Waals surface area contributed by atoms with E-state index in [-0.39, 0.29) is 17.2 Å². The smallest absolute Gasteiger partial charge is 0.266 e. The molecule has 4 aromatic rings. The second-order valence-electron chi connectivity index (χ2n) is 6.65. The molecule has 0 saturated carbocycles. The monoisotopic (exact) mass is 405 g/mol. The van der Waals surface area contributed by atoms with Crippen molar-refractivity contribution in [2.24, 2.45) is 0 Å². The fraction of sp³-hybridized carbons (Fsp3) is 0.143. The Morgan fingerprint density at radius 2 is 1.86 bits per heavy atom. The molecule has 7 nitrogen and oxygen atoms in total. The van der Waals surface area contributed by atoms with Crippen LogP contribution in [0.4, 0.5) is 5.69 Å². The number of rotatable bonds is 5. The molecule has 0 unspecified atom stereocenters. The summed E-state index contributed by atoms with van der Waals surface area (Å²) < 4.78 is 1.50. The summed E-state index contributed by atoms with van der Waals surface area (Å²) in [6.45, 7) is 4.03. The normalized spacial score (nSPS) is 11.0. The summed E-state index contributed by atoms with van der Waals surface area (Å²) >= 11 is 1.24. The van der Waals surface area contributed by atoms with Gasteiger partial charge in [-0.1, -0.05) is 48.2 Å². The first-order chi connectivity index (χ1) is 14.0. The van der Waals surface area contributed by atoms with E-state index in [1.54, 1.807) is 0 Å². The number of thioether (sulfide) groups is 1. The molecule has 0 aliphatic heterocycles. The molecule has 2 heterocycles. The first-order valence-electron chi connectivity index (χ1n) is 9.05. The lowest BCUT2D eigenvalue weighted by molar-refractivity contribution is -0.113. The highest BCUT2D eigenvalue weighted by Gasteiger charge is 2.13. The van der Waals surface area contributed by atoms with E-state index in [9.17, 15) is 9.59 Å². The van der Waals surface area contributed by atoms with Crippen LogP contribution >= 0.6 is 11.8 Å². The quantitative estimate of drug-likeness (QED) is 0.496. The van der Waals surface area contributed by atoms with E-state index < -0.39 is 0 Å². The zero-order valence-electron chi connectivity index (χ0n) is 16.0. The number of H-pyrrole nitrogens is 1. The minimum absolute atomic E-state index is 0.146. The van der Waals surface area contributed by atoms with Crippen molar-refractivity contribution >= 4 is 29.0 Å². The van der Waals surface area contributed by atoms with E-state index in [2.05, 4.69) is 20.4 Å². The maximum Gasteiger partial charge on any atom is 0.266 e. The number of aryl methyl sites for hydroxylation is 2. The molecule has 0 aliphatic carbocycles. The summed E-state index contributed by atoms with van der Waals surface area (Å²) in [6, 6.07) is 16.7. The summed E-state index contributed by atoms with van der Waals surface area (Å²) in [5.41, 5.74) is 4.07. The minimum atomic E-state index is -0.272. The average molecular weight is 405 g/mol. The Morgan fingerprint density at radius 1 is 1.07 bits per heavy atom. The maximum atomic E-state index is 12.4. The molecule has 0 aliphatic rings. The number of hydrogen-bond acceptors (Lipinski definition) is 5. The molecule has 4 rings (SSSR count). The van der Waals surface area contributed by atoms with Crippen LogP contribution in [-0.2, 0) is 4.79 Å². The lowest BCUT2D eigenvalue weighted by atomic mass is 10.1. The number of aromatic nitrogens is 4. The van der Waals surface area contributed by atoms with Crippen molar-refractivity contribution in [1.29, 1.82) is 0 Å². The highest BCUT2D eigenvalue weighted by atomic mass is 32.2. The van der Waals surface area contributed by atoms with Gasteiger partial charge in [-0.25, -0.2) is 14.5 Å². The van der Waals surface area contributed by atoms with Crippen LogP contribution in [0.2, 0.25) is 0 Å². The number of carbonyl (C=O) groups excluding carboxylic acids is 1. The topological polar surface area (TPSA) is 92.2 Å². The number of carbonyl (C=O) groups is 1. The first kappa shape index (κ1) is 18.9. The molecule has 8 heteroatoms. The molecule has 146 valence electrons. The number of benzene rings is 2.